The Morgan fingerprint density at radius 2 is 1.96 bits per heavy atom. The van der Waals surface area contributed by atoms with Crippen LogP contribution in [0.25, 0.3) is 0 Å². The molecular formula is C18H38N4O. The van der Waals surface area contributed by atoms with Gasteiger partial charge in [0, 0.05) is 39.3 Å². The van der Waals surface area contributed by atoms with E-state index in [1.807, 2.05) is 7.05 Å². The van der Waals surface area contributed by atoms with Gasteiger partial charge in [0.2, 0.25) is 0 Å². The normalized spacial score (nSPS) is 19.1. The molecule has 1 rings (SSSR count). The number of rotatable bonds is 9. The predicted octanol–water partition coefficient (Wildman–Crippen LogP) is 2.48. The van der Waals surface area contributed by atoms with Crippen molar-refractivity contribution in [3.8, 4) is 0 Å². The maximum atomic E-state index is 5.80. The number of piperidine rings is 1. The quantitative estimate of drug-likeness (QED) is 0.505. The fraction of sp³-hybridized carbons (Fsp3) is 0.944. The Balaban J connectivity index is 2.27. The van der Waals surface area contributed by atoms with Gasteiger partial charge < -0.3 is 20.3 Å². The molecule has 0 aliphatic carbocycles. The van der Waals surface area contributed by atoms with Crippen LogP contribution in [0.2, 0.25) is 0 Å². The van der Waals surface area contributed by atoms with Crippen LogP contribution in [-0.2, 0) is 4.74 Å². The monoisotopic (exact) mass is 326 g/mol. The largest absolute Gasteiger partial charge is 0.378 e. The molecule has 1 fully saturated rings. The van der Waals surface area contributed by atoms with Crippen LogP contribution in [0.5, 0.6) is 0 Å². The van der Waals surface area contributed by atoms with Crippen LogP contribution in [0.4, 0.5) is 0 Å². The zero-order chi connectivity index (χ0) is 17.1. The molecule has 2 N–H and O–H groups in total. The third-order valence-electron chi connectivity index (χ3n) is 4.54. The molecule has 0 amide bonds. The van der Waals surface area contributed by atoms with Crippen LogP contribution in [0, 0.1) is 5.92 Å². The molecule has 1 aliphatic rings. The van der Waals surface area contributed by atoms with Gasteiger partial charge in [-0.1, -0.05) is 20.8 Å². The minimum absolute atomic E-state index is 0.322. The van der Waals surface area contributed by atoms with E-state index in [0.29, 0.717) is 18.1 Å². The van der Waals surface area contributed by atoms with Crippen LogP contribution in [0.3, 0.4) is 0 Å². The third kappa shape index (κ3) is 8.02. The van der Waals surface area contributed by atoms with E-state index in [1.54, 1.807) is 0 Å². The molecule has 0 saturated carbocycles. The zero-order valence-electron chi connectivity index (χ0n) is 15.9. The second-order valence-corrected chi connectivity index (χ2v) is 6.79. The van der Waals surface area contributed by atoms with Crippen molar-refractivity contribution in [2.24, 2.45) is 10.9 Å². The molecule has 0 radical (unpaired) electrons. The van der Waals surface area contributed by atoms with Crippen LogP contribution in [0.1, 0.15) is 53.4 Å². The summed E-state index contributed by atoms with van der Waals surface area (Å²) in [6.45, 7) is 14.1. The van der Waals surface area contributed by atoms with Gasteiger partial charge in [-0.25, -0.2) is 0 Å². The Morgan fingerprint density at radius 1 is 1.26 bits per heavy atom. The number of hydrogen-bond acceptors (Lipinski definition) is 3. The number of ether oxygens (including phenoxy) is 1. The number of nitrogens with one attached hydrogen (secondary N) is 2. The summed E-state index contributed by atoms with van der Waals surface area (Å²) < 4.78 is 5.80. The lowest BCUT2D eigenvalue weighted by molar-refractivity contribution is 0.0258. The van der Waals surface area contributed by atoms with E-state index in [9.17, 15) is 0 Å². The molecule has 136 valence electrons. The van der Waals surface area contributed by atoms with Crippen molar-refractivity contribution < 1.29 is 4.74 Å². The van der Waals surface area contributed by atoms with Gasteiger partial charge in [-0.2, -0.15) is 0 Å². The highest BCUT2D eigenvalue weighted by Crippen LogP contribution is 2.11. The average molecular weight is 327 g/mol. The SMILES string of the molecule is CCCN1CCC(NC(=NC)NCCC(OCC)C(C)C)CC1. The van der Waals surface area contributed by atoms with Crippen molar-refractivity contribution in [1.82, 2.24) is 15.5 Å². The second kappa shape index (κ2) is 11.7. The fourth-order valence-electron chi connectivity index (χ4n) is 3.16. The van der Waals surface area contributed by atoms with Crippen LogP contribution in [-0.4, -0.2) is 62.8 Å². The first kappa shape index (κ1) is 20.2. The molecule has 1 atom stereocenters. The van der Waals surface area contributed by atoms with Crippen molar-refractivity contribution in [3.63, 3.8) is 0 Å². The third-order valence-corrected chi connectivity index (χ3v) is 4.54. The number of hydrogen-bond donors (Lipinski definition) is 2. The van der Waals surface area contributed by atoms with E-state index < -0.39 is 0 Å². The molecule has 5 nitrogen and oxygen atoms in total. The van der Waals surface area contributed by atoms with E-state index in [2.05, 4.69) is 48.2 Å². The standard InChI is InChI=1S/C18H38N4O/c1-6-12-22-13-9-16(10-14-22)21-18(19-5)20-11-8-17(15(3)4)23-7-2/h15-17H,6-14H2,1-5H3,(H2,19,20,21). The molecule has 23 heavy (non-hydrogen) atoms. The van der Waals surface area contributed by atoms with Crippen LogP contribution in [0.15, 0.2) is 4.99 Å². The Labute approximate surface area is 143 Å². The smallest absolute Gasteiger partial charge is 0.191 e. The highest BCUT2D eigenvalue weighted by Gasteiger charge is 2.19. The van der Waals surface area contributed by atoms with Crippen molar-refractivity contribution in [3.05, 3.63) is 0 Å². The highest BCUT2D eigenvalue weighted by molar-refractivity contribution is 5.79. The summed E-state index contributed by atoms with van der Waals surface area (Å²) in [7, 11) is 1.85. The highest BCUT2D eigenvalue weighted by atomic mass is 16.5. The van der Waals surface area contributed by atoms with E-state index >= 15 is 0 Å². The molecule has 0 bridgehead atoms. The zero-order valence-corrected chi connectivity index (χ0v) is 15.9. The van der Waals surface area contributed by atoms with Gasteiger partial charge in [0.15, 0.2) is 5.96 Å². The van der Waals surface area contributed by atoms with Gasteiger partial charge in [0.05, 0.1) is 6.10 Å². The minimum atomic E-state index is 0.322. The number of guanidine groups is 1. The lowest BCUT2D eigenvalue weighted by Crippen LogP contribution is -2.49. The van der Waals surface area contributed by atoms with Crippen molar-refractivity contribution >= 4 is 5.96 Å². The first-order valence-electron chi connectivity index (χ1n) is 9.41. The molecule has 0 spiro atoms. The summed E-state index contributed by atoms with van der Waals surface area (Å²) >= 11 is 0. The first-order chi connectivity index (χ1) is 11.1. The summed E-state index contributed by atoms with van der Waals surface area (Å²) in [5.41, 5.74) is 0. The van der Waals surface area contributed by atoms with Crippen molar-refractivity contribution in [2.75, 3.05) is 39.8 Å². The van der Waals surface area contributed by atoms with E-state index in [-0.39, 0.29) is 0 Å². The summed E-state index contributed by atoms with van der Waals surface area (Å²) in [5, 5.41) is 7.02. The van der Waals surface area contributed by atoms with Gasteiger partial charge in [0.1, 0.15) is 0 Å². The molecule has 1 heterocycles. The van der Waals surface area contributed by atoms with Gasteiger partial charge in [0.25, 0.3) is 0 Å². The molecule has 1 saturated heterocycles. The van der Waals surface area contributed by atoms with E-state index in [0.717, 1.165) is 25.5 Å². The summed E-state index contributed by atoms with van der Waals surface area (Å²) in [5.74, 6) is 1.48. The molecule has 1 aliphatic heterocycles. The van der Waals surface area contributed by atoms with Crippen LogP contribution < -0.4 is 10.6 Å². The van der Waals surface area contributed by atoms with Gasteiger partial charge in [-0.05, 0) is 45.1 Å². The maximum Gasteiger partial charge on any atom is 0.191 e. The molecule has 5 heteroatoms. The van der Waals surface area contributed by atoms with Crippen molar-refractivity contribution in [2.45, 2.75) is 65.5 Å². The topological polar surface area (TPSA) is 48.9 Å². The molecular weight excluding hydrogens is 288 g/mol. The summed E-state index contributed by atoms with van der Waals surface area (Å²) in [4.78, 5) is 6.92. The number of likely N-dealkylation sites (tertiary alicyclic amines) is 1. The fourth-order valence-corrected chi connectivity index (χ4v) is 3.16. The Hall–Kier alpha value is -0.810. The van der Waals surface area contributed by atoms with Gasteiger partial charge in [-0.15, -0.1) is 0 Å². The minimum Gasteiger partial charge on any atom is -0.378 e. The maximum absolute atomic E-state index is 5.80. The number of aliphatic imine (C=N–C) groups is 1. The molecule has 0 aromatic rings. The average Bonchev–Trinajstić information content (AvgIpc) is 2.54. The Bertz CT molecular complexity index is 325. The Morgan fingerprint density at radius 3 is 2.48 bits per heavy atom. The molecule has 1 unspecified atom stereocenters. The summed E-state index contributed by atoms with van der Waals surface area (Å²) in [6.07, 6.45) is 4.99. The molecule has 0 aromatic heterocycles. The first-order valence-corrected chi connectivity index (χ1v) is 9.41. The van der Waals surface area contributed by atoms with Crippen molar-refractivity contribution in [1.29, 1.82) is 0 Å². The predicted molar refractivity (Wildman–Crippen MR) is 99.1 cm³/mol. The number of nitrogens with zero attached hydrogens (tertiary/aromatic N) is 2. The summed E-state index contributed by atoms with van der Waals surface area (Å²) in [6, 6.07) is 0.544. The van der Waals surface area contributed by atoms with Crippen LogP contribution >= 0.6 is 0 Å². The second-order valence-electron chi connectivity index (χ2n) is 6.79. The lowest BCUT2D eigenvalue weighted by atomic mass is 10.0. The van der Waals surface area contributed by atoms with E-state index in [4.69, 9.17) is 4.74 Å². The van der Waals surface area contributed by atoms with Gasteiger partial charge in [-0.3, -0.25) is 4.99 Å². The Kier molecular flexibility index (Phi) is 10.3. The van der Waals surface area contributed by atoms with E-state index in [1.165, 1.54) is 38.9 Å². The molecule has 0 aromatic carbocycles. The lowest BCUT2D eigenvalue weighted by Gasteiger charge is -2.33. The van der Waals surface area contributed by atoms with Gasteiger partial charge >= 0.3 is 0 Å².